The van der Waals surface area contributed by atoms with Crippen molar-refractivity contribution < 1.29 is 19.1 Å². The summed E-state index contributed by atoms with van der Waals surface area (Å²) in [6.45, 7) is 1.88. The van der Waals surface area contributed by atoms with Gasteiger partial charge in [0.25, 0.3) is 0 Å². The molecule has 2 aromatic carbocycles. The first-order valence-corrected chi connectivity index (χ1v) is 9.76. The summed E-state index contributed by atoms with van der Waals surface area (Å²) in [5.74, 6) is -0.313. The van der Waals surface area contributed by atoms with E-state index in [0.29, 0.717) is 5.69 Å². The molecule has 0 bridgehead atoms. The minimum atomic E-state index is -0.628. The number of nitrogens with zero attached hydrogens (tertiary/aromatic N) is 1. The van der Waals surface area contributed by atoms with E-state index in [1.54, 1.807) is 7.11 Å². The standard InChI is InChI=1S/C22H27N3O4/c1-28-20-8-5-13-25(15-20)19-11-9-18(10-12-19)24-21(26)14-23-22(27)29-16-17-6-3-2-4-7-17/h2-4,6-7,9-12,20H,5,8,13-16H2,1H3,(H,23,27)(H,24,26). The van der Waals surface area contributed by atoms with Crippen LogP contribution in [0, 0.1) is 0 Å². The number of hydrogen-bond acceptors (Lipinski definition) is 5. The molecule has 1 unspecified atom stereocenters. The Morgan fingerprint density at radius 2 is 1.86 bits per heavy atom. The van der Waals surface area contributed by atoms with Crippen molar-refractivity contribution in [3.63, 3.8) is 0 Å². The molecular weight excluding hydrogens is 370 g/mol. The van der Waals surface area contributed by atoms with Gasteiger partial charge < -0.3 is 25.0 Å². The minimum Gasteiger partial charge on any atom is -0.445 e. The van der Waals surface area contributed by atoms with Crippen LogP contribution < -0.4 is 15.5 Å². The third kappa shape index (κ3) is 6.50. The quantitative estimate of drug-likeness (QED) is 0.750. The molecule has 7 nitrogen and oxygen atoms in total. The van der Waals surface area contributed by atoms with Gasteiger partial charge in [-0.2, -0.15) is 0 Å². The number of benzene rings is 2. The van der Waals surface area contributed by atoms with Gasteiger partial charge in [-0.25, -0.2) is 4.79 Å². The average molecular weight is 397 g/mol. The molecule has 0 aromatic heterocycles. The van der Waals surface area contributed by atoms with Crippen molar-refractivity contribution in [2.75, 3.05) is 37.0 Å². The molecule has 1 fully saturated rings. The van der Waals surface area contributed by atoms with Gasteiger partial charge >= 0.3 is 6.09 Å². The number of rotatable bonds is 7. The van der Waals surface area contributed by atoms with Crippen molar-refractivity contribution in [2.45, 2.75) is 25.6 Å². The van der Waals surface area contributed by atoms with Crippen LogP contribution in [0.1, 0.15) is 18.4 Å². The van der Waals surface area contributed by atoms with Gasteiger partial charge in [0, 0.05) is 31.6 Å². The van der Waals surface area contributed by atoms with Crippen LogP contribution in [0.2, 0.25) is 0 Å². The number of hydrogen-bond donors (Lipinski definition) is 2. The molecule has 0 spiro atoms. The van der Waals surface area contributed by atoms with Crippen LogP contribution in [0.3, 0.4) is 0 Å². The zero-order valence-corrected chi connectivity index (χ0v) is 16.6. The first-order valence-electron chi connectivity index (χ1n) is 9.76. The van der Waals surface area contributed by atoms with E-state index in [4.69, 9.17) is 9.47 Å². The van der Waals surface area contributed by atoms with E-state index in [2.05, 4.69) is 15.5 Å². The van der Waals surface area contributed by atoms with E-state index in [-0.39, 0.29) is 25.2 Å². The summed E-state index contributed by atoms with van der Waals surface area (Å²) in [6.07, 6.45) is 1.82. The topological polar surface area (TPSA) is 79.9 Å². The summed E-state index contributed by atoms with van der Waals surface area (Å²) in [7, 11) is 1.75. The summed E-state index contributed by atoms with van der Waals surface area (Å²) in [5, 5.41) is 5.22. The van der Waals surface area contributed by atoms with Crippen LogP contribution in [-0.2, 0) is 20.9 Å². The number of ether oxygens (including phenoxy) is 2. The second kappa shape index (κ2) is 10.5. The lowest BCUT2D eigenvalue weighted by atomic mass is 10.1. The van der Waals surface area contributed by atoms with Crippen molar-refractivity contribution in [1.82, 2.24) is 5.32 Å². The lowest BCUT2D eigenvalue weighted by Gasteiger charge is -2.33. The Morgan fingerprint density at radius 1 is 1.10 bits per heavy atom. The largest absolute Gasteiger partial charge is 0.445 e. The summed E-state index contributed by atoms with van der Waals surface area (Å²) in [6, 6.07) is 17.0. The fourth-order valence-electron chi connectivity index (χ4n) is 3.25. The lowest BCUT2D eigenvalue weighted by Crippen LogP contribution is -2.39. The Kier molecular flexibility index (Phi) is 7.47. The van der Waals surface area contributed by atoms with Gasteiger partial charge in [0.15, 0.2) is 0 Å². The highest BCUT2D eigenvalue weighted by atomic mass is 16.5. The number of carbonyl (C=O) groups excluding carboxylic acids is 2. The molecule has 2 aromatic rings. The predicted molar refractivity (Wildman–Crippen MR) is 112 cm³/mol. The number of alkyl carbamates (subject to hydrolysis) is 1. The van der Waals surface area contributed by atoms with Crippen LogP contribution in [0.5, 0.6) is 0 Å². The maximum atomic E-state index is 12.1. The SMILES string of the molecule is COC1CCCN(c2ccc(NC(=O)CNC(=O)OCc3ccccc3)cc2)C1. The number of amides is 2. The van der Waals surface area contributed by atoms with E-state index in [0.717, 1.165) is 37.2 Å². The Labute approximate surface area is 171 Å². The van der Waals surface area contributed by atoms with Crippen molar-refractivity contribution in [2.24, 2.45) is 0 Å². The molecule has 1 saturated heterocycles. The first kappa shape index (κ1) is 20.7. The second-order valence-electron chi connectivity index (χ2n) is 6.96. The lowest BCUT2D eigenvalue weighted by molar-refractivity contribution is -0.115. The maximum absolute atomic E-state index is 12.1. The first-order chi connectivity index (χ1) is 14.1. The number of methoxy groups -OCH3 is 1. The summed E-state index contributed by atoms with van der Waals surface area (Å²) in [4.78, 5) is 26.1. The Balaban J connectivity index is 1.40. The molecule has 2 amide bonds. The monoisotopic (exact) mass is 397 g/mol. The van der Waals surface area contributed by atoms with Crippen molar-refractivity contribution >= 4 is 23.4 Å². The van der Waals surface area contributed by atoms with E-state index in [1.807, 2.05) is 54.6 Å². The summed E-state index contributed by atoms with van der Waals surface area (Å²) in [5.41, 5.74) is 2.67. The van der Waals surface area contributed by atoms with Crippen molar-refractivity contribution in [3.8, 4) is 0 Å². The minimum absolute atomic E-state index is 0.156. The predicted octanol–water partition coefficient (Wildman–Crippen LogP) is 3.17. The van der Waals surface area contributed by atoms with Gasteiger partial charge in [-0.1, -0.05) is 30.3 Å². The second-order valence-corrected chi connectivity index (χ2v) is 6.96. The van der Waals surface area contributed by atoms with Gasteiger partial charge in [-0.3, -0.25) is 4.79 Å². The fraction of sp³-hybridized carbons (Fsp3) is 0.364. The third-order valence-corrected chi connectivity index (χ3v) is 4.83. The normalized spacial score (nSPS) is 16.2. The molecule has 3 rings (SSSR count). The van der Waals surface area contributed by atoms with Gasteiger partial charge in [-0.15, -0.1) is 0 Å². The third-order valence-electron chi connectivity index (χ3n) is 4.83. The van der Waals surface area contributed by atoms with Crippen LogP contribution in [0.25, 0.3) is 0 Å². The van der Waals surface area contributed by atoms with Crippen molar-refractivity contribution in [1.29, 1.82) is 0 Å². The van der Waals surface area contributed by atoms with Crippen LogP contribution in [-0.4, -0.2) is 44.8 Å². The van der Waals surface area contributed by atoms with Gasteiger partial charge in [-0.05, 0) is 42.7 Å². The molecule has 1 heterocycles. The molecule has 29 heavy (non-hydrogen) atoms. The van der Waals surface area contributed by atoms with Gasteiger partial charge in [0.1, 0.15) is 13.2 Å². The molecule has 0 aliphatic carbocycles. The molecule has 0 saturated carbocycles. The van der Waals surface area contributed by atoms with E-state index in [1.165, 1.54) is 0 Å². The Bertz CT molecular complexity index is 795. The van der Waals surface area contributed by atoms with Crippen LogP contribution in [0.15, 0.2) is 54.6 Å². The molecule has 1 aliphatic heterocycles. The summed E-state index contributed by atoms with van der Waals surface area (Å²) >= 11 is 0. The Hall–Kier alpha value is -3.06. The van der Waals surface area contributed by atoms with Crippen molar-refractivity contribution in [3.05, 3.63) is 60.2 Å². The molecule has 7 heteroatoms. The smallest absolute Gasteiger partial charge is 0.407 e. The number of nitrogens with one attached hydrogen (secondary N) is 2. The molecule has 2 N–H and O–H groups in total. The van der Waals surface area contributed by atoms with Gasteiger partial charge in [0.2, 0.25) is 5.91 Å². The van der Waals surface area contributed by atoms with E-state index in [9.17, 15) is 9.59 Å². The zero-order valence-electron chi connectivity index (χ0n) is 16.6. The molecule has 1 atom stereocenters. The Morgan fingerprint density at radius 3 is 2.59 bits per heavy atom. The maximum Gasteiger partial charge on any atom is 0.407 e. The highest BCUT2D eigenvalue weighted by Crippen LogP contribution is 2.22. The highest BCUT2D eigenvalue weighted by molar-refractivity contribution is 5.94. The van der Waals surface area contributed by atoms with Crippen LogP contribution in [0.4, 0.5) is 16.2 Å². The molecule has 1 aliphatic rings. The van der Waals surface area contributed by atoms with E-state index < -0.39 is 6.09 Å². The van der Waals surface area contributed by atoms with Crippen LogP contribution >= 0.6 is 0 Å². The molecule has 154 valence electrons. The molecule has 0 radical (unpaired) electrons. The molecular formula is C22H27N3O4. The summed E-state index contributed by atoms with van der Waals surface area (Å²) < 4.78 is 10.5. The van der Waals surface area contributed by atoms with Gasteiger partial charge in [0.05, 0.1) is 6.10 Å². The highest BCUT2D eigenvalue weighted by Gasteiger charge is 2.19. The number of anilines is 2. The number of carbonyl (C=O) groups is 2. The fourth-order valence-corrected chi connectivity index (χ4v) is 3.25. The average Bonchev–Trinajstić information content (AvgIpc) is 2.77. The number of piperidine rings is 1. The zero-order chi connectivity index (χ0) is 20.5. The van der Waals surface area contributed by atoms with E-state index >= 15 is 0 Å².